The molecule has 0 heterocycles. The van der Waals surface area contributed by atoms with Gasteiger partial charge in [0.25, 0.3) is 0 Å². The van der Waals surface area contributed by atoms with E-state index in [2.05, 4.69) is 0 Å². The van der Waals surface area contributed by atoms with Gasteiger partial charge in [0.1, 0.15) is 0 Å². The van der Waals surface area contributed by atoms with E-state index in [4.69, 9.17) is 15.6 Å². The van der Waals surface area contributed by atoms with Gasteiger partial charge in [0, 0.05) is 31.0 Å². The third kappa shape index (κ3) is 4.32. The van der Waals surface area contributed by atoms with Crippen molar-refractivity contribution in [1.82, 2.24) is 0 Å². The first-order chi connectivity index (χ1) is 8.00. The summed E-state index contributed by atoms with van der Waals surface area (Å²) in [6, 6.07) is 5.72. The summed E-state index contributed by atoms with van der Waals surface area (Å²) in [5.41, 5.74) is 8.44. The number of nitrogens with zero attached hydrogens (tertiary/aromatic N) is 1. The van der Waals surface area contributed by atoms with Crippen LogP contribution in [0, 0.1) is 0 Å². The van der Waals surface area contributed by atoms with Gasteiger partial charge in [-0.25, -0.2) is 0 Å². The standard InChI is InChI=1S/C12H18N2O3/c1-14(2)10-4-3-9(11(13)7-10)8-17-6-5-12(15)16/h3-4,7H,5-6,8,13H2,1-2H3,(H,15,16). The molecule has 0 atom stereocenters. The van der Waals surface area contributed by atoms with Crippen molar-refractivity contribution in [3.8, 4) is 0 Å². The van der Waals surface area contributed by atoms with Gasteiger partial charge in [-0.05, 0) is 12.1 Å². The molecular weight excluding hydrogens is 220 g/mol. The highest BCUT2D eigenvalue weighted by atomic mass is 16.5. The lowest BCUT2D eigenvalue weighted by Gasteiger charge is -2.14. The summed E-state index contributed by atoms with van der Waals surface area (Å²) >= 11 is 0. The third-order valence-corrected chi connectivity index (χ3v) is 2.36. The van der Waals surface area contributed by atoms with E-state index in [0.29, 0.717) is 12.3 Å². The number of nitrogens with two attached hydrogens (primary N) is 1. The molecule has 3 N–H and O–H groups in total. The van der Waals surface area contributed by atoms with Crippen molar-refractivity contribution in [3.05, 3.63) is 23.8 Å². The van der Waals surface area contributed by atoms with Crippen LogP contribution in [0.3, 0.4) is 0 Å². The average molecular weight is 238 g/mol. The van der Waals surface area contributed by atoms with E-state index in [-0.39, 0.29) is 13.0 Å². The lowest BCUT2D eigenvalue weighted by atomic mass is 10.1. The van der Waals surface area contributed by atoms with Crippen LogP contribution in [0.4, 0.5) is 11.4 Å². The van der Waals surface area contributed by atoms with Crippen molar-refractivity contribution in [1.29, 1.82) is 0 Å². The predicted molar refractivity (Wildman–Crippen MR) is 67.1 cm³/mol. The van der Waals surface area contributed by atoms with Gasteiger partial charge in [-0.1, -0.05) is 6.07 Å². The molecule has 0 fully saturated rings. The molecule has 1 aromatic carbocycles. The molecule has 17 heavy (non-hydrogen) atoms. The highest BCUT2D eigenvalue weighted by molar-refractivity contribution is 5.66. The topological polar surface area (TPSA) is 75.8 Å². The highest BCUT2D eigenvalue weighted by Crippen LogP contribution is 2.20. The van der Waals surface area contributed by atoms with E-state index in [0.717, 1.165) is 11.3 Å². The number of ether oxygens (including phenoxy) is 1. The number of hydrogen-bond donors (Lipinski definition) is 2. The molecule has 0 bridgehead atoms. The Morgan fingerprint density at radius 3 is 2.71 bits per heavy atom. The SMILES string of the molecule is CN(C)c1ccc(COCCC(=O)O)c(N)c1. The van der Waals surface area contributed by atoms with Gasteiger partial charge in [-0.2, -0.15) is 0 Å². The summed E-state index contributed by atoms with van der Waals surface area (Å²) in [5.74, 6) is -0.860. The second kappa shape index (κ2) is 6.10. The second-order valence-electron chi connectivity index (χ2n) is 3.97. The minimum atomic E-state index is -0.860. The number of carboxylic acids is 1. The number of benzene rings is 1. The summed E-state index contributed by atoms with van der Waals surface area (Å²) < 4.78 is 5.24. The van der Waals surface area contributed by atoms with Crippen molar-refractivity contribution in [3.63, 3.8) is 0 Å². The fourth-order valence-electron chi connectivity index (χ4n) is 1.33. The maximum absolute atomic E-state index is 10.3. The maximum atomic E-state index is 10.3. The Hall–Kier alpha value is -1.75. The zero-order valence-corrected chi connectivity index (χ0v) is 10.1. The van der Waals surface area contributed by atoms with E-state index in [9.17, 15) is 4.79 Å². The summed E-state index contributed by atoms with van der Waals surface area (Å²) in [5, 5.41) is 8.45. The van der Waals surface area contributed by atoms with E-state index in [1.165, 1.54) is 0 Å². The van der Waals surface area contributed by atoms with Gasteiger partial charge in [-0.3, -0.25) is 4.79 Å². The number of aliphatic carboxylic acids is 1. The highest BCUT2D eigenvalue weighted by Gasteiger charge is 2.03. The second-order valence-corrected chi connectivity index (χ2v) is 3.97. The van der Waals surface area contributed by atoms with Crippen LogP contribution in [0.25, 0.3) is 0 Å². The van der Waals surface area contributed by atoms with Crippen LogP contribution in [-0.4, -0.2) is 31.8 Å². The quantitative estimate of drug-likeness (QED) is 0.577. The van der Waals surface area contributed by atoms with Crippen LogP contribution in [0.5, 0.6) is 0 Å². The molecule has 1 rings (SSSR count). The fraction of sp³-hybridized carbons (Fsp3) is 0.417. The van der Waals surface area contributed by atoms with Gasteiger partial charge in [0.05, 0.1) is 19.6 Å². The van der Waals surface area contributed by atoms with Crippen LogP contribution in [-0.2, 0) is 16.1 Å². The Bertz CT molecular complexity index is 391. The van der Waals surface area contributed by atoms with Crippen LogP contribution >= 0.6 is 0 Å². The van der Waals surface area contributed by atoms with Crippen molar-refractivity contribution in [2.75, 3.05) is 31.3 Å². The first-order valence-electron chi connectivity index (χ1n) is 5.36. The van der Waals surface area contributed by atoms with Crippen LogP contribution in [0.1, 0.15) is 12.0 Å². The minimum Gasteiger partial charge on any atom is -0.481 e. The first kappa shape index (κ1) is 13.3. The molecule has 94 valence electrons. The smallest absolute Gasteiger partial charge is 0.305 e. The molecule has 1 aromatic rings. The number of nitrogen functional groups attached to an aromatic ring is 1. The summed E-state index contributed by atoms with van der Waals surface area (Å²) in [7, 11) is 3.88. The Labute approximate surface area is 101 Å². The predicted octanol–water partition coefficient (Wildman–Crippen LogP) is 1.33. The van der Waals surface area contributed by atoms with Gasteiger partial charge in [-0.15, -0.1) is 0 Å². The van der Waals surface area contributed by atoms with E-state index >= 15 is 0 Å². The molecule has 0 aliphatic heterocycles. The fourth-order valence-corrected chi connectivity index (χ4v) is 1.33. The number of rotatable bonds is 6. The lowest BCUT2D eigenvalue weighted by molar-refractivity contribution is -0.138. The molecule has 5 heteroatoms. The van der Waals surface area contributed by atoms with Gasteiger partial charge in [0.2, 0.25) is 0 Å². The van der Waals surface area contributed by atoms with Crippen molar-refractivity contribution >= 4 is 17.3 Å². The molecule has 0 saturated carbocycles. The molecule has 0 aliphatic rings. The lowest BCUT2D eigenvalue weighted by Crippen LogP contribution is -2.10. The Balaban J connectivity index is 2.52. The number of hydrogen-bond acceptors (Lipinski definition) is 4. The molecular formula is C12H18N2O3. The van der Waals surface area contributed by atoms with Crippen LogP contribution < -0.4 is 10.6 Å². The van der Waals surface area contributed by atoms with Crippen LogP contribution in [0.15, 0.2) is 18.2 Å². The molecule has 0 spiro atoms. The monoisotopic (exact) mass is 238 g/mol. The van der Waals surface area contributed by atoms with Gasteiger partial charge in [0.15, 0.2) is 0 Å². The Kier molecular flexibility index (Phi) is 4.78. The van der Waals surface area contributed by atoms with Gasteiger partial charge >= 0.3 is 5.97 Å². The minimum absolute atomic E-state index is 0.00961. The Morgan fingerprint density at radius 1 is 1.47 bits per heavy atom. The molecule has 0 unspecified atom stereocenters. The average Bonchev–Trinajstić information content (AvgIpc) is 2.25. The third-order valence-electron chi connectivity index (χ3n) is 2.36. The molecule has 0 aromatic heterocycles. The number of carbonyl (C=O) groups is 1. The molecule has 0 saturated heterocycles. The molecule has 5 nitrogen and oxygen atoms in total. The maximum Gasteiger partial charge on any atom is 0.305 e. The first-order valence-corrected chi connectivity index (χ1v) is 5.36. The summed E-state index contributed by atoms with van der Waals surface area (Å²) in [6.45, 7) is 0.539. The molecule has 0 amide bonds. The van der Waals surface area contributed by atoms with E-state index < -0.39 is 5.97 Å². The largest absolute Gasteiger partial charge is 0.481 e. The molecule has 0 radical (unpaired) electrons. The number of anilines is 2. The summed E-state index contributed by atoms with van der Waals surface area (Å²) in [6.07, 6.45) is 0.00961. The number of carboxylic acid groups (broad SMARTS) is 1. The summed E-state index contributed by atoms with van der Waals surface area (Å²) in [4.78, 5) is 12.3. The van der Waals surface area contributed by atoms with Crippen molar-refractivity contribution in [2.45, 2.75) is 13.0 Å². The van der Waals surface area contributed by atoms with E-state index in [1.54, 1.807) is 0 Å². The zero-order valence-electron chi connectivity index (χ0n) is 10.1. The van der Waals surface area contributed by atoms with Crippen LogP contribution in [0.2, 0.25) is 0 Å². The van der Waals surface area contributed by atoms with Gasteiger partial charge < -0.3 is 20.5 Å². The van der Waals surface area contributed by atoms with Crippen molar-refractivity contribution in [2.24, 2.45) is 0 Å². The zero-order chi connectivity index (χ0) is 12.8. The molecule has 0 aliphatic carbocycles. The van der Waals surface area contributed by atoms with E-state index in [1.807, 2.05) is 37.2 Å². The van der Waals surface area contributed by atoms with Crippen molar-refractivity contribution < 1.29 is 14.6 Å². The normalized spacial score (nSPS) is 10.2. The Morgan fingerprint density at radius 2 is 2.18 bits per heavy atom.